The Morgan fingerprint density at radius 1 is 1.00 bits per heavy atom. The van der Waals surface area contributed by atoms with Gasteiger partial charge in [0, 0.05) is 36.6 Å². The number of carbonyl (C=O) groups is 2. The number of ether oxygens (including phenoxy) is 1. The predicted octanol–water partition coefficient (Wildman–Crippen LogP) is 3.75. The van der Waals surface area contributed by atoms with E-state index in [9.17, 15) is 9.59 Å². The van der Waals surface area contributed by atoms with Crippen LogP contribution in [-0.4, -0.2) is 53.4 Å². The van der Waals surface area contributed by atoms with Crippen molar-refractivity contribution in [2.45, 2.75) is 58.0 Å². The van der Waals surface area contributed by atoms with Crippen LogP contribution in [0, 0.1) is 5.92 Å². The highest BCUT2D eigenvalue weighted by Gasteiger charge is 2.36. The van der Waals surface area contributed by atoms with E-state index in [1.54, 1.807) is 24.3 Å². The standard InChI is InChI=1S/C21H29ClN2O3/c1-15-16(2)24(21(26)14-27-19-9-7-18(22)8-10-19)12-11-23(15)20(25)13-17-5-3-4-6-17/h7-10,15-17H,3-6,11-14H2,1-2H3/t15-,16+/m1/s1. The Labute approximate surface area is 166 Å². The quantitative estimate of drug-likeness (QED) is 0.766. The highest BCUT2D eigenvalue weighted by molar-refractivity contribution is 6.30. The number of halogens is 1. The van der Waals surface area contributed by atoms with E-state index in [2.05, 4.69) is 0 Å². The van der Waals surface area contributed by atoms with Crippen LogP contribution in [0.1, 0.15) is 46.0 Å². The van der Waals surface area contributed by atoms with Crippen molar-refractivity contribution in [1.29, 1.82) is 0 Å². The molecule has 0 unspecified atom stereocenters. The molecule has 0 bridgehead atoms. The van der Waals surface area contributed by atoms with Crippen LogP contribution in [0.5, 0.6) is 5.75 Å². The SMILES string of the molecule is C[C@@H]1[C@H](C)N(C(=O)COc2ccc(Cl)cc2)CCN1C(=O)CC1CCCC1. The first-order chi connectivity index (χ1) is 13.0. The van der Waals surface area contributed by atoms with Crippen LogP contribution in [0.15, 0.2) is 24.3 Å². The summed E-state index contributed by atoms with van der Waals surface area (Å²) in [5, 5.41) is 0.634. The van der Waals surface area contributed by atoms with Gasteiger partial charge < -0.3 is 14.5 Å². The number of amides is 2. The molecular formula is C21H29ClN2O3. The van der Waals surface area contributed by atoms with Crippen molar-refractivity contribution in [3.05, 3.63) is 29.3 Å². The van der Waals surface area contributed by atoms with Crippen molar-refractivity contribution in [1.82, 2.24) is 9.80 Å². The normalized spacial score (nSPS) is 23.5. The van der Waals surface area contributed by atoms with Crippen LogP contribution in [0.2, 0.25) is 5.02 Å². The van der Waals surface area contributed by atoms with Crippen LogP contribution in [0.25, 0.3) is 0 Å². The molecule has 148 valence electrons. The first-order valence-corrected chi connectivity index (χ1v) is 10.3. The van der Waals surface area contributed by atoms with E-state index >= 15 is 0 Å². The molecule has 5 nitrogen and oxygen atoms in total. The predicted molar refractivity (Wildman–Crippen MR) is 106 cm³/mol. The average Bonchev–Trinajstić information content (AvgIpc) is 3.16. The number of carbonyl (C=O) groups excluding carboxylic acids is 2. The van der Waals surface area contributed by atoms with Gasteiger partial charge in [-0.2, -0.15) is 0 Å². The summed E-state index contributed by atoms with van der Waals surface area (Å²) in [6.45, 7) is 5.21. The number of nitrogens with zero attached hydrogens (tertiary/aromatic N) is 2. The third-order valence-corrected chi connectivity index (χ3v) is 6.27. The van der Waals surface area contributed by atoms with E-state index < -0.39 is 0 Å². The fourth-order valence-corrected chi connectivity index (χ4v) is 4.31. The molecule has 1 saturated carbocycles. The van der Waals surface area contributed by atoms with Crippen molar-refractivity contribution in [3.63, 3.8) is 0 Å². The van der Waals surface area contributed by atoms with Gasteiger partial charge in [0.05, 0.1) is 0 Å². The second kappa shape index (κ2) is 8.96. The minimum Gasteiger partial charge on any atom is -0.484 e. The van der Waals surface area contributed by atoms with E-state index in [4.69, 9.17) is 16.3 Å². The monoisotopic (exact) mass is 392 g/mol. The lowest BCUT2D eigenvalue weighted by atomic mass is 9.99. The number of hydrogen-bond acceptors (Lipinski definition) is 3. The van der Waals surface area contributed by atoms with Gasteiger partial charge in [-0.3, -0.25) is 9.59 Å². The van der Waals surface area contributed by atoms with Gasteiger partial charge in [0.2, 0.25) is 5.91 Å². The molecule has 3 rings (SSSR count). The van der Waals surface area contributed by atoms with Gasteiger partial charge in [-0.05, 0) is 56.9 Å². The van der Waals surface area contributed by atoms with Gasteiger partial charge >= 0.3 is 0 Å². The Hall–Kier alpha value is -1.75. The molecule has 2 amide bonds. The summed E-state index contributed by atoms with van der Waals surface area (Å²) in [7, 11) is 0. The molecule has 1 aliphatic heterocycles. The minimum atomic E-state index is -0.0489. The summed E-state index contributed by atoms with van der Waals surface area (Å²) in [6, 6.07) is 6.98. The summed E-state index contributed by atoms with van der Waals surface area (Å²) >= 11 is 5.86. The first-order valence-electron chi connectivity index (χ1n) is 9.93. The van der Waals surface area contributed by atoms with Crippen molar-refractivity contribution in [3.8, 4) is 5.75 Å². The summed E-state index contributed by atoms with van der Waals surface area (Å²) in [6.07, 6.45) is 5.51. The molecule has 27 heavy (non-hydrogen) atoms. The molecule has 1 aromatic rings. The van der Waals surface area contributed by atoms with E-state index in [0.29, 0.717) is 36.2 Å². The maximum absolute atomic E-state index is 12.7. The summed E-state index contributed by atoms with van der Waals surface area (Å²) in [4.78, 5) is 29.1. The molecule has 1 aromatic carbocycles. The zero-order chi connectivity index (χ0) is 19.4. The van der Waals surface area contributed by atoms with E-state index in [0.717, 1.165) is 0 Å². The molecule has 6 heteroatoms. The van der Waals surface area contributed by atoms with Crippen LogP contribution in [-0.2, 0) is 9.59 Å². The smallest absolute Gasteiger partial charge is 0.260 e. The second-order valence-corrected chi connectivity index (χ2v) is 8.19. The van der Waals surface area contributed by atoms with Crippen LogP contribution in [0.4, 0.5) is 0 Å². The fourth-order valence-electron chi connectivity index (χ4n) is 4.18. The number of benzene rings is 1. The Morgan fingerprint density at radius 2 is 1.56 bits per heavy atom. The van der Waals surface area contributed by atoms with Crippen molar-refractivity contribution in [2.24, 2.45) is 5.92 Å². The molecule has 0 spiro atoms. The number of rotatable bonds is 5. The van der Waals surface area contributed by atoms with Crippen LogP contribution >= 0.6 is 11.6 Å². The fraction of sp³-hybridized carbons (Fsp3) is 0.619. The number of hydrogen-bond donors (Lipinski definition) is 0. The molecule has 0 N–H and O–H groups in total. The van der Waals surface area contributed by atoms with Gasteiger partial charge in [-0.15, -0.1) is 0 Å². The molecule has 0 radical (unpaired) electrons. The zero-order valence-electron chi connectivity index (χ0n) is 16.2. The second-order valence-electron chi connectivity index (χ2n) is 7.75. The Kier molecular flexibility index (Phi) is 6.64. The van der Waals surface area contributed by atoms with Gasteiger partial charge in [-0.1, -0.05) is 24.4 Å². The van der Waals surface area contributed by atoms with Crippen molar-refractivity contribution >= 4 is 23.4 Å². The molecule has 2 atom stereocenters. The first kappa shape index (κ1) is 20.0. The maximum atomic E-state index is 12.7. The highest BCUT2D eigenvalue weighted by atomic mass is 35.5. The molecule has 0 aromatic heterocycles. The molecule has 2 aliphatic rings. The Bertz CT molecular complexity index is 658. The lowest BCUT2D eigenvalue weighted by Gasteiger charge is -2.45. The summed E-state index contributed by atoms with van der Waals surface area (Å²) in [5.74, 6) is 1.37. The van der Waals surface area contributed by atoms with Gasteiger partial charge in [0.15, 0.2) is 6.61 Å². The van der Waals surface area contributed by atoms with Gasteiger partial charge in [0.1, 0.15) is 5.75 Å². The highest BCUT2D eigenvalue weighted by Crippen LogP contribution is 2.29. The number of piperazine rings is 1. The van der Waals surface area contributed by atoms with Gasteiger partial charge in [0.25, 0.3) is 5.91 Å². The van der Waals surface area contributed by atoms with Gasteiger partial charge in [-0.25, -0.2) is 0 Å². The maximum Gasteiger partial charge on any atom is 0.260 e. The molecule has 1 aliphatic carbocycles. The lowest BCUT2D eigenvalue weighted by Crippen LogP contribution is -2.61. The molecule has 1 saturated heterocycles. The third kappa shape index (κ3) is 4.95. The summed E-state index contributed by atoms with van der Waals surface area (Å²) in [5.41, 5.74) is 0. The lowest BCUT2D eigenvalue weighted by molar-refractivity contribution is -0.148. The molecular weight excluding hydrogens is 364 g/mol. The third-order valence-electron chi connectivity index (χ3n) is 6.02. The molecule has 1 heterocycles. The largest absolute Gasteiger partial charge is 0.484 e. The summed E-state index contributed by atoms with van der Waals surface area (Å²) < 4.78 is 5.59. The van der Waals surface area contributed by atoms with E-state index in [-0.39, 0.29) is 30.5 Å². The zero-order valence-corrected chi connectivity index (χ0v) is 17.0. The van der Waals surface area contributed by atoms with Crippen molar-refractivity contribution in [2.75, 3.05) is 19.7 Å². The minimum absolute atomic E-state index is 0.00525. The Morgan fingerprint density at radius 3 is 2.15 bits per heavy atom. The van der Waals surface area contributed by atoms with Crippen molar-refractivity contribution < 1.29 is 14.3 Å². The molecule has 2 fully saturated rings. The average molecular weight is 393 g/mol. The van der Waals surface area contributed by atoms with E-state index in [1.807, 2.05) is 23.6 Å². The van der Waals surface area contributed by atoms with E-state index in [1.165, 1.54) is 25.7 Å². The Balaban J connectivity index is 1.52. The van der Waals surface area contributed by atoms with Crippen LogP contribution < -0.4 is 4.74 Å². The van der Waals surface area contributed by atoms with Crippen LogP contribution in [0.3, 0.4) is 0 Å². The topological polar surface area (TPSA) is 49.9 Å².